The van der Waals surface area contributed by atoms with Crippen LogP contribution in [0.15, 0.2) is 6.07 Å². The molecule has 0 saturated carbocycles. The fourth-order valence-electron chi connectivity index (χ4n) is 2.85. The molecule has 0 atom stereocenters. The Balaban J connectivity index is 1.62. The number of piperazine rings is 1. The van der Waals surface area contributed by atoms with Gasteiger partial charge >= 0.3 is 0 Å². The van der Waals surface area contributed by atoms with Crippen LogP contribution in [0.1, 0.15) is 26.5 Å². The SMILES string of the molecule is O=C(CO)N1CCN(C(=O)c2cc3c(s2)CCC3)CC1. The van der Waals surface area contributed by atoms with Crippen LogP contribution in [0.3, 0.4) is 0 Å². The quantitative estimate of drug-likeness (QED) is 0.865. The van der Waals surface area contributed by atoms with Gasteiger partial charge in [-0.15, -0.1) is 11.3 Å². The Labute approximate surface area is 121 Å². The third kappa shape index (κ3) is 2.45. The average molecular weight is 294 g/mol. The molecule has 1 fully saturated rings. The maximum Gasteiger partial charge on any atom is 0.264 e. The molecule has 0 radical (unpaired) electrons. The summed E-state index contributed by atoms with van der Waals surface area (Å²) in [5, 5.41) is 8.84. The number of amides is 2. The molecule has 20 heavy (non-hydrogen) atoms. The molecule has 0 aromatic carbocycles. The van der Waals surface area contributed by atoms with Crippen molar-refractivity contribution in [3.05, 3.63) is 21.4 Å². The van der Waals surface area contributed by atoms with E-state index in [4.69, 9.17) is 5.11 Å². The lowest BCUT2D eigenvalue weighted by Crippen LogP contribution is -2.51. The van der Waals surface area contributed by atoms with Crippen molar-refractivity contribution in [1.82, 2.24) is 9.80 Å². The van der Waals surface area contributed by atoms with Gasteiger partial charge in [-0.2, -0.15) is 0 Å². The molecular formula is C14H18N2O3S. The summed E-state index contributed by atoms with van der Waals surface area (Å²) in [7, 11) is 0. The zero-order valence-electron chi connectivity index (χ0n) is 11.3. The Morgan fingerprint density at radius 3 is 2.50 bits per heavy atom. The largest absolute Gasteiger partial charge is 0.387 e. The highest BCUT2D eigenvalue weighted by atomic mass is 32.1. The summed E-state index contributed by atoms with van der Waals surface area (Å²) in [4.78, 5) is 29.4. The van der Waals surface area contributed by atoms with E-state index in [1.54, 1.807) is 16.2 Å². The van der Waals surface area contributed by atoms with Gasteiger partial charge in [0.25, 0.3) is 5.91 Å². The number of nitrogens with zero attached hydrogens (tertiary/aromatic N) is 2. The summed E-state index contributed by atoms with van der Waals surface area (Å²) >= 11 is 1.62. The van der Waals surface area contributed by atoms with Crippen LogP contribution in [0.4, 0.5) is 0 Å². The molecule has 1 aliphatic heterocycles. The first kappa shape index (κ1) is 13.6. The molecule has 5 nitrogen and oxygen atoms in total. The third-order valence-corrected chi connectivity index (χ3v) is 5.24. The molecule has 108 valence electrons. The number of aliphatic hydroxyl groups excluding tert-OH is 1. The number of fused-ring (bicyclic) bond motifs is 1. The maximum atomic E-state index is 12.4. The van der Waals surface area contributed by atoms with E-state index in [9.17, 15) is 9.59 Å². The number of carbonyl (C=O) groups is 2. The third-order valence-electron chi connectivity index (χ3n) is 4.01. The molecule has 0 unspecified atom stereocenters. The first-order valence-electron chi connectivity index (χ1n) is 6.98. The lowest BCUT2D eigenvalue weighted by molar-refractivity contribution is -0.135. The standard InChI is InChI=1S/C14H18N2O3S/c17-9-13(18)15-4-6-16(7-5-15)14(19)12-8-10-2-1-3-11(10)20-12/h8,17H,1-7,9H2. The number of thiophene rings is 1. The average Bonchev–Trinajstić information content (AvgIpc) is 3.07. The Hall–Kier alpha value is -1.40. The Morgan fingerprint density at radius 1 is 1.15 bits per heavy atom. The fraction of sp³-hybridized carbons (Fsp3) is 0.571. The summed E-state index contributed by atoms with van der Waals surface area (Å²) in [5.41, 5.74) is 1.34. The molecule has 0 spiro atoms. The zero-order chi connectivity index (χ0) is 14.1. The predicted molar refractivity (Wildman–Crippen MR) is 75.9 cm³/mol. The number of rotatable bonds is 2. The van der Waals surface area contributed by atoms with Crippen molar-refractivity contribution in [2.24, 2.45) is 0 Å². The molecule has 2 aliphatic rings. The van der Waals surface area contributed by atoms with E-state index in [0.717, 1.165) is 17.7 Å². The van der Waals surface area contributed by atoms with Crippen LogP contribution in [0.25, 0.3) is 0 Å². The minimum absolute atomic E-state index is 0.0838. The van der Waals surface area contributed by atoms with Gasteiger partial charge in [0.1, 0.15) is 6.61 Å². The van der Waals surface area contributed by atoms with Gasteiger partial charge < -0.3 is 14.9 Å². The smallest absolute Gasteiger partial charge is 0.264 e. The molecule has 6 heteroatoms. The van der Waals surface area contributed by atoms with Gasteiger partial charge in [0, 0.05) is 31.1 Å². The van der Waals surface area contributed by atoms with Crippen LogP contribution in [0, 0.1) is 0 Å². The van der Waals surface area contributed by atoms with Crippen LogP contribution in [0.5, 0.6) is 0 Å². The van der Waals surface area contributed by atoms with E-state index in [1.807, 2.05) is 11.0 Å². The number of hydrogen-bond donors (Lipinski definition) is 1. The number of carbonyl (C=O) groups excluding carboxylic acids is 2. The van der Waals surface area contributed by atoms with Gasteiger partial charge in [-0.25, -0.2) is 0 Å². The molecule has 1 aromatic rings. The van der Waals surface area contributed by atoms with E-state index in [2.05, 4.69) is 0 Å². The zero-order valence-corrected chi connectivity index (χ0v) is 12.1. The molecule has 2 amide bonds. The summed E-state index contributed by atoms with van der Waals surface area (Å²) in [6, 6.07) is 2.04. The number of aliphatic hydroxyl groups is 1. The second-order valence-corrected chi connectivity index (χ2v) is 6.38. The minimum Gasteiger partial charge on any atom is -0.387 e. The summed E-state index contributed by atoms with van der Waals surface area (Å²) in [6.45, 7) is 1.66. The normalized spacial score (nSPS) is 18.2. The van der Waals surface area contributed by atoms with Gasteiger partial charge in [0.2, 0.25) is 5.91 Å². The van der Waals surface area contributed by atoms with Crippen LogP contribution in [-0.4, -0.2) is 59.5 Å². The Morgan fingerprint density at radius 2 is 1.85 bits per heavy atom. The summed E-state index contributed by atoms with van der Waals surface area (Å²) in [5.74, 6) is -0.173. The van der Waals surface area contributed by atoms with Crippen molar-refractivity contribution in [3.8, 4) is 0 Å². The summed E-state index contributed by atoms with van der Waals surface area (Å²) in [6.07, 6.45) is 3.40. The second-order valence-electron chi connectivity index (χ2n) is 5.24. The monoisotopic (exact) mass is 294 g/mol. The van der Waals surface area contributed by atoms with E-state index in [1.165, 1.54) is 16.9 Å². The van der Waals surface area contributed by atoms with E-state index >= 15 is 0 Å². The van der Waals surface area contributed by atoms with Gasteiger partial charge in [-0.05, 0) is 30.9 Å². The van der Waals surface area contributed by atoms with E-state index in [0.29, 0.717) is 26.2 Å². The van der Waals surface area contributed by atoms with Crippen LogP contribution in [-0.2, 0) is 17.6 Å². The molecule has 0 bridgehead atoms. The molecule has 2 heterocycles. The molecule has 1 aromatic heterocycles. The maximum absolute atomic E-state index is 12.4. The van der Waals surface area contributed by atoms with Gasteiger partial charge in [-0.3, -0.25) is 9.59 Å². The molecule has 1 aliphatic carbocycles. The first-order valence-corrected chi connectivity index (χ1v) is 7.80. The van der Waals surface area contributed by atoms with Crippen molar-refractivity contribution in [3.63, 3.8) is 0 Å². The lowest BCUT2D eigenvalue weighted by Gasteiger charge is -2.34. The van der Waals surface area contributed by atoms with Crippen LogP contribution in [0.2, 0.25) is 0 Å². The van der Waals surface area contributed by atoms with Crippen molar-refractivity contribution >= 4 is 23.2 Å². The number of aryl methyl sites for hydroxylation is 2. The summed E-state index contributed by atoms with van der Waals surface area (Å²) < 4.78 is 0. The highest BCUT2D eigenvalue weighted by molar-refractivity contribution is 7.14. The highest BCUT2D eigenvalue weighted by Crippen LogP contribution is 2.31. The highest BCUT2D eigenvalue weighted by Gasteiger charge is 2.26. The second kappa shape index (κ2) is 5.54. The molecule has 1 N–H and O–H groups in total. The Bertz CT molecular complexity index is 511. The predicted octanol–water partition coefficient (Wildman–Crippen LogP) is 0.514. The minimum atomic E-state index is -0.453. The van der Waals surface area contributed by atoms with Crippen molar-refractivity contribution < 1.29 is 14.7 Å². The topological polar surface area (TPSA) is 60.9 Å². The van der Waals surface area contributed by atoms with E-state index in [-0.39, 0.29) is 11.8 Å². The molecule has 3 rings (SSSR count). The fourth-order valence-corrected chi connectivity index (χ4v) is 4.07. The van der Waals surface area contributed by atoms with Crippen molar-refractivity contribution in [2.45, 2.75) is 19.3 Å². The van der Waals surface area contributed by atoms with Gasteiger partial charge in [-0.1, -0.05) is 0 Å². The molecular weight excluding hydrogens is 276 g/mol. The Kier molecular flexibility index (Phi) is 3.76. The van der Waals surface area contributed by atoms with Crippen molar-refractivity contribution in [1.29, 1.82) is 0 Å². The first-order chi connectivity index (χ1) is 9.69. The van der Waals surface area contributed by atoms with E-state index < -0.39 is 6.61 Å². The number of hydrogen-bond acceptors (Lipinski definition) is 4. The van der Waals surface area contributed by atoms with Crippen LogP contribution < -0.4 is 0 Å². The van der Waals surface area contributed by atoms with Crippen molar-refractivity contribution in [2.75, 3.05) is 32.8 Å². The van der Waals surface area contributed by atoms with Gasteiger partial charge in [0.05, 0.1) is 4.88 Å². The molecule has 1 saturated heterocycles. The van der Waals surface area contributed by atoms with Crippen LogP contribution >= 0.6 is 11.3 Å². The van der Waals surface area contributed by atoms with Gasteiger partial charge in [0.15, 0.2) is 0 Å². The lowest BCUT2D eigenvalue weighted by atomic mass is 10.2.